The highest BCUT2D eigenvalue weighted by molar-refractivity contribution is 7.99. The van der Waals surface area contributed by atoms with Gasteiger partial charge in [0.2, 0.25) is 10.0 Å². The molecule has 1 fully saturated rings. The van der Waals surface area contributed by atoms with E-state index < -0.39 is 10.0 Å². The van der Waals surface area contributed by atoms with E-state index in [-0.39, 0.29) is 6.04 Å². The van der Waals surface area contributed by atoms with Crippen molar-refractivity contribution in [2.45, 2.75) is 42.0 Å². The summed E-state index contributed by atoms with van der Waals surface area (Å²) in [6, 6.07) is 7.42. The molecule has 0 spiro atoms. The Balaban J connectivity index is 2.37. The van der Waals surface area contributed by atoms with Gasteiger partial charge in [0.05, 0.1) is 4.90 Å². The molecule has 1 aromatic rings. The van der Waals surface area contributed by atoms with Crippen molar-refractivity contribution in [2.75, 3.05) is 25.9 Å². The Bertz CT molecular complexity index is 555. The minimum Gasteiger partial charge on any atom is -0.317 e. The fraction of sp³-hybridized carbons (Fsp3) is 0.600. The first-order chi connectivity index (χ1) is 10.1. The van der Waals surface area contributed by atoms with Crippen molar-refractivity contribution in [1.29, 1.82) is 0 Å². The van der Waals surface area contributed by atoms with Gasteiger partial charge in [-0.1, -0.05) is 19.1 Å². The standard InChI is InChI=1S/C15H24N2O2S2/c1-3-12-17(13-8-10-16-11-9-13)21(18,19)15-7-5-4-6-14(15)20-2/h4-7,13,16H,3,8-12H2,1-2H3. The van der Waals surface area contributed by atoms with E-state index in [2.05, 4.69) is 5.32 Å². The molecule has 2 rings (SSSR count). The minimum absolute atomic E-state index is 0.117. The summed E-state index contributed by atoms with van der Waals surface area (Å²) in [6.45, 7) is 4.41. The van der Waals surface area contributed by atoms with Crippen molar-refractivity contribution < 1.29 is 8.42 Å². The lowest BCUT2D eigenvalue weighted by atomic mass is 10.1. The number of nitrogens with one attached hydrogen (secondary N) is 1. The Morgan fingerprint density at radius 2 is 1.95 bits per heavy atom. The number of hydrogen-bond acceptors (Lipinski definition) is 4. The monoisotopic (exact) mass is 328 g/mol. The van der Waals surface area contributed by atoms with Gasteiger partial charge in [0, 0.05) is 17.5 Å². The highest BCUT2D eigenvalue weighted by atomic mass is 32.2. The van der Waals surface area contributed by atoms with Crippen LogP contribution < -0.4 is 5.32 Å². The van der Waals surface area contributed by atoms with Crippen LogP contribution in [0.2, 0.25) is 0 Å². The highest BCUT2D eigenvalue weighted by Gasteiger charge is 2.32. The van der Waals surface area contributed by atoms with E-state index >= 15 is 0 Å². The molecular formula is C15H24N2O2S2. The maximum absolute atomic E-state index is 13.1. The number of nitrogens with zero attached hydrogens (tertiary/aromatic N) is 1. The van der Waals surface area contributed by atoms with Gasteiger partial charge in [0.1, 0.15) is 0 Å². The molecule has 0 bridgehead atoms. The van der Waals surface area contributed by atoms with Gasteiger partial charge >= 0.3 is 0 Å². The van der Waals surface area contributed by atoms with Crippen LogP contribution in [0.3, 0.4) is 0 Å². The number of rotatable bonds is 6. The minimum atomic E-state index is -3.42. The smallest absolute Gasteiger partial charge is 0.244 e. The van der Waals surface area contributed by atoms with Gasteiger partial charge in [-0.05, 0) is 50.7 Å². The predicted octanol–water partition coefficient (Wildman–Crippen LogP) is 2.56. The summed E-state index contributed by atoms with van der Waals surface area (Å²) in [4.78, 5) is 1.28. The molecule has 4 nitrogen and oxygen atoms in total. The van der Waals surface area contributed by atoms with E-state index in [0.29, 0.717) is 11.4 Å². The van der Waals surface area contributed by atoms with Crippen LogP contribution in [0.25, 0.3) is 0 Å². The van der Waals surface area contributed by atoms with Crippen LogP contribution in [-0.2, 0) is 10.0 Å². The van der Waals surface area contributed by atoms with Crippen molar-refractivity contribution in [3.63, 3.8) is 0 Å². The van der Waals surface area contributed by atoms with Gasteiger partial charge in [0.15, 0.2) is 0 Å². The molecule has 0 atom stereocenters. The molecule has 1 aromatic carbocycles. The van der Waals surface area contributed by atoms with Crippen LogP contribution >= 0.6 is 11.8 Å². The quantitative estimate of drug-likeness (QED) is 0.816. The first kappa shape index (κ1) is 16.8. The van der Waals surface area contributed by atoms with E-state index in [0.717, 1.165) is 37.2 Å². The second-order valence-electron chi connectivity index (χ2n) is 5.25. The maximum Gasteiger partial charge on any atom is 0.244 e. The zero-order valence-corrected chi connectivity index (χ0v) is 14.3. The van der Waals surface area contributed by atoms with E-state index in [4.69, 9.17) is 0 Å². The summed E-state index contributed by atoms with van der Waals surface area (Å²) in [5, 5.41) is 3.30. The van der Waals surface area contributed by atoms with Gasteiger partial charge in [-0.25, -0.2) is 8.42 Å². The summed E-state index contributed by atoms with van der Waals surface area (Å²) in [6.07, 6.45) is 4.54. The molecule has 118 valence electrons. The van der Waals surface area contributed by atoms with Crippen molar-refractivity contribution in [3.05, 3.63) is 24.3 Å². The van der Waals surface area contributed by atoms with Gasteiger partial charge in [-0.15, -0.1) is 11.8 Å². The third-order valence-electron chi connectivity index (χ3n) is 3.82. The zero-order chi connectivity index (χ0) is 15.3. The van der Waals surface area contributed by atoms with Crippen molar-refractivity contribution >= 4 is 21.8 Å². The van der Waals surface area contributed by atoms with Crippen LogP contribution in [0.1, 0.15) is 26.2 Å². The summed E-state index contributed by atoms with van der Waals surface area (Å²) >= 11 is 1.49. The second-order valence-corrected chi connectivity index (χ2v) is 7.95. The van der Waals surface area contributed by atoms with Gasteiger partial charge in [-0.2, -0.15) is 4.31 Å². The van der Waals surface area contributed by atoms with E-state index in [9.17, 15) is 8.42 Å². The van der Waals surface area contributed by atoms with Crippen LogP contribution in [0, 0.1) is 0 Å². The van der Waals surface area contributed by atoms with Gasteiger partial charge < -0.3 is 5.32 Å². The molecule has 0 aromatic heterocycles. The van der Waals surface area contributed by atoms with Crippen LogP contribution in [-0.4, -0.2) is 44.7 Å². The molecule has 1 aliphatic rings. The SMILES string of the molecule is CCCN(C1CCNCC1)S(=O)(=O)c1ccccc1SC. The topological polar surface area (TPSA) is 49.4 Å². The number of thioether (sulfide) groups is 1. The number of piperidine rings is 1. The molecule has 0 saturated carbocycles. The van der Waals surface area contributed by atoms with Crippen molar-refractivity contribution in [1.82, 2.24) is 9.62 Å². The fourth-order valence-corrected chi connectivity index (χ4v) is 5.67. The molecule has 1 heterocycles. The lowest BCUT2D eigenvalue weighted by molar-refractivity contribution is 0.262. The molecule has 1 saturated heterocycles. The number of sulfonamides is 1. The molecular weight excluding hydrogens is 304 g/mol. The summed E-state index contributed by atoms with van der Waals surface area (Å²) < 4.78 is 27.9. The third kappa shape index (κ3) is 3.80. The van der Waals surface area contributed by atoms with E-state index in [1.807, 2.05) is 25.3 Å². The van der Waals surface area contributed by atoms with Crippen molar-refractivity contribution in [3.8, 4) is 0 Å². The molecule has 0 unspecified atom stereocenters. The fourth-order valence-electron chi connectivity index (χ4n) is 2.77. The van der Waals surface area contributed by atoms with Crippen LogP contribution in [0.5, 0.6) is 0 Å². The first-order valence-corrected chi connectivity index (χ1v) is 10.1. The molecule has 0 radical (unpaired) electrons. The van der Waals surface area contributed by atoms with Gasteiger partial charge in [-0.3, -0.25) is 0 Å². The Morgan fingerprint density at radius 3 is 2.57 bits per heavy atom. The third-order valence-corrected chi connectivity index (χ3v) is 6.75. The number of benzene rings is 1. The molecule has 21 heavy (non-hydrogen) atoms. The second kappa shape index (κ2) is 7.63. The molecule has 0 amide bonds. The zero-order valence-electron chi connectivity index (χ0n) is 12.7. The highest BCUT2D eigenvalue weighted by Crippen LogP contribution is 2.29. The van der Waals surface area contributed by atoms with Gasteiger partial charge in [0.25, 0.3) is 0 Å². The normalized spacial score (nSPS) is 17.3. The Morgan fingerprint density at radius 1 is 1.29 bits per heavy atom. The van der Waals surface area contributed by atoms with Crippen molar-refractivity contribution in [2.24, 2.45) is 0 Å². The molecule has 1 aliphatic heterocycles. The molecule has 6 heteroatoms. The average molecular weight is 329 g/mol. The maximum atomic E-state index is 13.1. The largest absolute Gasteiger partial charge is 0.317 e. The van der Waals surface area contributed by atoms with Crippen LogP contribution in [0.4, 0.5) is 0 Å². The molecule has 1 N–H and O–H groups in total. The summed E-state index contributed by atoms with van der Waals surface area (Å²) in [7, 11) is -3.42. The predicted molar refractivity (Wildman–Crippen MR) is 88.3 cm³/mol. The first-order valence-electron chi connectivity index (χ1n) is 7.46. The van der Waals surface area contributed by atoms with E-state index in [1.54, 1.807) is 16.4 Å². The lowest BCUT2D eigenvalue weighted by Gasteiger charge is -2.34. The summed E-state index contributed by atoms with van der Waals surface area (Å²) in [5.74, 6) is 0. The van der Waals surface area contributed by atoms with E-state index in [1.165, 1.54) is 11.8 Å². The Hall–Kier alpha value is -0.560. The Kier molecular flexibility index (Phi) is 6.10. The molecule has 0 aliphatic carbocycles. The van der Waals surface area contributed by atoms with Crippen LogP contribution in [0.15, 0.2) is 34.1 Å². The Labute approximate surface area is 132 Å². The summed E-state index contributed by atoms with van der Waals surface area (Å²) in [5.41, 5.74) is 0. The lowest BCUT2D eigenvalue weighted by Crippen LogP contribution is -2.46. The average Bonchev–Trinajstić information content (AvgIpc) is 2.53. The number of hydrogen-bond donors (Lipinski definition) is 1.